The minimum absolute atomic E-state index is 0.0887. The monoisotopic (exact) mass is 298 g/mol. The van der Waals surface area contributed by atoms with Gasteiger partial charge in [-0.15, -0.1) is 0 Å². The van der Waals surface area contributed by atoms with Crippen LogP contribution in [0.5, 0.6) is 11.5 Å². The van der Waals surface area contributed by atoms with Crippen molar-refractivity contribution in [3.8, 4) is 11.5 Å². The molecule has 0 saturated carbocycles. The van der Waals surface area contributed by atoms with E-state index in [0.29, 0.717) is 40.8 Å². The Kier molecular flexibility index (Phi) is 5.34. The zero-order chi connectivity index (χ0) is 14.4. The molecule has 108 valence electrons. The molecule has 1 aromatic heterocycles. The Balaban J connectivity index is 2.35. The number of fused-ring (bicyclic) bond motifs is 1. The van der Waals surface area contributed by atoms with E-state index in [-0.39, 0.29) is 13.2 Å². The fourth-order valence-electron chi connectivity index (χ4n) is 1.65. The second-order valence-corrected chi connectivity index (χ2v) is 4.25. The molecule has 2 aromatic rings. The molecule has 2 rings (SSSR count). The average Bonchev–Trinajstić information content (AvgIpc) is 2.46. The first-order valence-electron chi connectivity index (χ1n) is 6.06. The second-order valence-electron chi connectivity index (χ2n) is 3.89. The van der Waals surface area contributed by atoms with Crippen molar-refractivity contribution in [3.63, 3.8) is 0 Å². The number of aromatic nitrogens is 2. The van der Waals surface area contributed by atoms with Crippen molar-refractivity contribution in [1.29, 1.82) is 0 Å². The third kappa shape index (κ3) is 3.47. The van der Waals surface area contributed by atoms with Crippen LogP contribution in [0.3, 0.4) is 0 Å². The maximum atomic E-state index is 8.86. The molecular weight excluding hydrogens is 284 g/mol. The van der Waals surface area contributed by atoms with E-state index in [0.717, 1.165) is 0 Å². The highest BCUT2D eigenvalue weighted by Crippen LogP contribution is 2.33. The SMILES string of the molecule is COCCOc1cc2ncnc(Cl)c2cc1OCCO. The van der Waals surface area contributed by atoms with E-state index in [2.05, 4.69) is 9.97 Å². The molecule has 1 aromatic carbocycles. The van der Waals surface area contributed by atoms with E-state index in [9.17, 15) is 0 Å². The molecule has 0 spiro atoms. The number of methoxy groups -OCH3 is 1. The molecule has 0 saturated heterocycles. The second kappa shape index (κ2) is 7.23. The van der Waals surface area contributed by atoms with Gasteiger partial charge in [0.2, 0.25) is 0 Å². The summed E-state index contributed by atoms with van der Waals surface area (Å²) < 4.78 is 16.0. The molecule has 0 radical (unpaired) electrons. The van der Waals surface area contributed by atoms with Crippen LogP contribution in [0.4, 0.5) is 0 Å². The van der Waals surface area contributed by atoms with Crippen LogP contribution in [0, 0.1) is 0 Å². The van der Waals surface area contributed by atoms with Gasteiger partial charge in [0, 0.05) is 18.6 Å². The zero-order valence-corrected chi connectivity index (χ0v) is 11.8. The third-order valence-electron chi connectivity index (χ3n) is 2.55. The number of hydrogen-bond acceptors (Lipinski definition) is 6. The third-order valence-corrected chi connectivity index (χ3v) is 2.85. The molecule has 6 nitrogen and oxygen atoms in total. The van der Waals surface area contributed by atoms with Crippen LogP contribution >= 0.6 is 11.6 Å². The molecular formula is C13H15ClN2O4. The summed E-state index contributed by atoms with van der Waals surface area (Å²) in [5.74, 6) is 1.01. The van der Waals surface area contributed by atoms with Crippen molar-refractivity contribution >= 4 is 22.5 Å². The lowest BCUT2D eigenvalue weighted by Crippen LogP contribution is -2.08. The van der Waals surface area contributed by atoms with Gasteiger partial charge < -0.3 is 19.3 Å². The Morgan fingerprint density at radius 1 is 1.10 bits per heavy atom. The fourth-order valence-corrected chi connectivity index (χ4v) is 1.84. The lowest BCUT2D eigenvalue weighted by molar-refractivity contribution is 0.141. The number of nitrogens with zero attached hydrogens (tertiary/aromatic N) is 2. The summed E-state index contributed by atoms with van der Waals surface area (Å²) >= 11 is 6.03. The summed E-state index contributed by atoms with van der Waals surface area (Å²) in [6.45, 7) is 0.921. The van der Waals surface area contributed by atoms with E-state index in [1.165, 1.54) is 6.33 Å². The predicted molar refractivity (Wildman–Crippen MR) is 74.5 cm³/mol. The molecule has 0 unspecified atom stereocenters. The minimum atomic E-state index is -0.0887. The van der Waals surface area contributed by atoms with Crippen molar-refractivity contribution < 1.29 is 19.3 Å². The van der Waals surface area contributed by atoms with E-state index in [1.54, 1.807) is 19.2 Å². The number of hydrogen-bond donors (Lipinski definition) is 1. The van der Waals surface area contributed by atoms with Gasteiger partial charge in [-0.2, -0.15) is 0 Å². The molecule has 0 aliphatic carbocycles. The summed E-state index contributed by atoms with van der Waals surface area (Å²) in [5.41, 5.74) is 0.661. The Labute approximate surface area is 121 Å². The molecule has 1 heterocycles. The maximum absolute atomic E-state index is 8.86. The quantitative estimate of drug-likeness (QED) is 0.619. The van der Waals surface area contributed by atoms with Crippen LogP contribution in [-0.4, -0.2) is 48.6 Å². The van der Waals surface area contributed by atoms with Crippen LogP contribution in [0.15, 0.2) is 18.5 Å². The number of ether oxygens (including phenoxy) is 3. The highest BCUT2D eigenvalue weighted by molar-refractivity contribution is 6.34. The Morgan fingerprint density at radius 3 is 2.60 bits per heavy atom. The molecule has 0 aliphatic heterocycles. The lowest BCUT2D eigenvalue weighted by Gasteiger charge is -2.13. The maximum Gasteiger partial charge on any atom is 0.163 e. The Morgan fingerprint density at radius 2 is 1.85 bits per heavy atom. The fraction of sp³-hybridized carbons (Fsp3) is 0.385. The van der Waals surface area contributed by atoms with Gasteiger partial charge in [0.05, 0.1) is 18.7 Å². The zero-order valence-electron chi connectivity index (χ0n) is 11.0. The topological polar surface area (TPSA) is 73.7 Å². The number of benzene rings is 1. The molecule has 7 heteroatoms. The van der Waals surface area contributed by atoms with Gasteiger partial charge in [0.1, 0.15) is 24.7 Å². The van der Waals surface area contributed by atoms with Gasteiger partial charge in [-0.05, 0) is 6.07 Å². The van der Waals surface area contributed by atoms with E-state index >= 15 is 0 Å². The predicted octanol–water partition coefficient (Wildman–Crippen LogP) is 1.68. The summed E-state index contributed by atoms with van der Waals surface area (Å²) in [5, 5.41) is 9.87. The van der Waals surface area contributed by atoms with Crippen molar-refractivity contribution in [2.24, 2.45) is 0 Å². The van der Waals surface area contributed by atoms with Gasteiger partial charge in [-0.3, -0.25) is 0 Å². The van der Waals surface area contributed by atoms with Crippen molar-refractivity contribution in [1.82, 2.24) is 9.97 Å². The number of aliphatic hydroxyl groups excluding tert-OH is 1. The standard InChI is InChI=1S/C13H15ClN2O4/c1-18-4-5-20-12-7-10-9(13(14)16-8-15-10)6-11(12)19-3-2-17/h6-8,17H,2-5H2,1H3. The van der Waals surface area contributed by atoms with E-state index in [4.69, 9.17) is 30.9 Å². The Bertz CT molecular complexity index is 580. The van der Waals surface area contributed by atoms with Crippen molar-refractivity contribution in [2.45, 2.75) is 0 Å². The van der Waals surface area contributed by atoms with Gasteiger partial charge >= 0.3 is 0 Å². The highest BCUT2D eigenvalue weighted by atomic mass is 35.5. The van der Waals surface area contributed by atoms with Crippen LogP contribution in [0.1, 0.15) is 0 Å². The first-order valence-corrected chi connectivity index (χ1v) is 6.43. The number of halogens is 1. The lowest BCUT2D eigenvalue weighted by atomic mass is 10.2. The summed E-state index contributed by atoms with van der Waals surface area (Å²) in [6.07, 6.45) is 1.39. The number of aliphatic hydroxyl groups is 1. The first-order chi connectivity index (χ1) is 9.76. The molecule has 0 amide bonds. The largest absolute Gasteiger partial charge is 0.487 e. The van der Waals surface area contributed by atoms with Gasteiger partial charge in [-0.1, -0.05) is 11.6 Å². The molecule has 0 atom stereocenters. The summed E-state index contributed by atoms with van der Waals surface area (Å²) in [4.78, 5) is 8.06. The van der Waals surface area contributed by atoms with Crippen LogP contribution < -0.4 is 9.47 Å². The number of rotatable bonds is 7. The van der Waals surface area contributed by atoms with E-state index < -0.39 is 0 Å². The molecule has 0 bridgehead atoms. The summed E-state index contributed by atoms with van der Waals surface area (Å²) in [6, 6.07) is 3.43. The van der Waals surface area contributed by atoms with Crippen LogP contribution in [0.25, 0.3) is 10.9 Å². The molecule has 0 fully saturated rings. The normalized spacial score (nSPS) is 10.8. The molecule has 0 aliphatic rings. The van der Waals surface area contributed by atoms with Crippen molar-refractivity contribution in [3.05, 3.63) is 23.6 Å². The highest BCUT2D eigenvalue weighted by Gasteiger charge is 2.11. The Hall–Kier alpha value is -1.63. The van der Waals surface area contributed by atoms with Crippen LogP contribution in [0.2, 0.25) is 5.15 Å². The average molecular weight is 299 g/mol. The van der Waals surface area contributed by atoms with Crippen LogP contribution in [-0.2, 0) is 4.74 Å². The first kappa shape index (κ1) is 14.8. The van der Waals surface area contributed by atoms with E-state index in [1.807, 2.05) is 0 Å². The smallest absolute Gasteiger partial charge is 0.163 e. The molecule has 1 N–H and O–H groups in total. The van der Waals surface area contributed by atoms with Gasteiger partial charge in [0.25, 0.3) is 0 Å². The van der Waals surface area contributed by atoms with Gasteiger partial charge in [-0.25, -0.2) is 9.97 Å². The molecule has 20 heavy (non-hydrogen) atoms. The van der Waals surface area contributed by atoms with Crippen molar-refractivity contribution in [2.75, 3.05) is 33.5 Å². The minimum Gasteiger partial charge on any atom is -0.487 e. The van der Waals surface area contributed by atoms with Gasteiger partial charge in [0.15, 0.2) is 11.5 Å². The summed E-state index contributed by atoms with van der Waals surface area (Å²) in [7, 11) is 1.60.